The van der Waals surface area contributed by atoms with Gasteiger partial charge in [-0.05, 0) is 95.1 Å². The van der Waals surface area contributed by atoms with Crippen LogP contribution in [0.2, 0.25) is 0 Å². The van der Waals surface area contributed by atoms with Crippen LogP contribution in [0.1, 0.15) is 30.0 Å². The van der Waals surface area contributed by atoms with Gasteiger partial charge in [-0.1, -0.05) is 121 Å². The summed E-state index contributed by atoms with van der Waals surface area (Å²) in [6.07, 6.45) is 18.3. The van der Waals surface area contributed by atoms with Gasteiger partial charge in [0.1, 0.15) is 0 Å². The van der Waals surface area contributed by atoms with Gasteiger partial charge in [-0.25, -0.2) is 0 Å². The highest BCUT2D eigenvalue weighted by Gasteiger charge is 2.25. The molecule has 1 aliphatic rings. The maximum absolute atomic E-state index is 5.61. The Labute approximate surface area is 280 Å². The molecular weight excluding hydrogens is 587 g/mol. The van der Waals surface area contributed by atoms with Crippen LogP contribution in [0.4, 0.5) is 0 Å². The van der Waals surface area contributed by atoms with E-state index in [1.165, 1.54) is 76.1 Å². The number of hydrogen-bond acceptors (Lipinski definition) is 1. The van der Waals surface area contributed by atoms with Crippen LogP contribution in [-0.4, -0.2) is 4.57 Å². The van der Waals surface area contributed by atoms with Crippen molar-refractivity contribution in [1.82, 2.24) is 4.57 Å². The predicted octanol–water partition coefficient (Wildman–Crippen LogP) is 12.4. The first-order valence-electron chi connectivity index (χ1n) is 16.1. The molecule has 8 rings (SSSR count). The molecule has 224 valence electrons. The molecule has 0 unspecified atom stereocenters. The summed E-state index contributed by atoms with van der Waals surface area (Å²) in [5.74, 6) is 2.66. The molecule has 1 aliphatic carbocycles. The Balaban J connectivity index is 1.42. The van der Waals surface area contributed by atoms with Crippen LogP contribution < -0.4 is 0 Å². The highest BCUT2D eigenvalue weighted by molar-refractivity contribution is 7.19. The molecule has 1 nitrogen and oxygen atoms in total. The molecule has 0 spiro atoms. The van der Waals surface area contributed by atoms with E-state index in [9.17, 15) is 0 Å². The zero-order valence-electron chi connectivity index (χ0n) is 26.3. The molecule has 2 heteroatoms. The van der Waals surface area contributed by atoms with Gasteiger partial charge in [-0.2, -0.15) is 0 Å². The summed E-state index contributed by atoms with van der Waals surface area (Å²) in [5.41, 5.74) is 13.8. The minimum Gasteiger partial charge on any atom is -0.309 e. The van der Waals surface area contributed by atoms with Gasteiger partial charge in [-0.3, -0.25) is 0 Å². The predicted molar refractivity (Wildman–Crippen MR) is 204 cm³/mol. The summed E-state index contributed by atoms with van der Waals surface area (Å²) in [5, 5.41) is 2.52. The second-order valence-corrected chi connectivity index (χ2v) is 13.0. The lowest BCUT2D eigenvalue weighted by Crippen LogP contribution is -1.96. The number of fused-ring (bicyclic) bond motifs is 4. The first-order valence-corrected chi connectivity index (χ1v) is 16.9. The monoisotopic (exact) mass is 619 g/mol. The molecule has 0 saturated carbocycles. The highest BCUT2D eigenvalue weighted by Crippen LogP contribution is 2.49. The number of para-hydroxylation sites is 2. The standard InChI is InChI=1S/C45H33NS/c1-3-4-7-17-31(2)42-39(28-29-41-43(42)38-26-14-15-27-40(38)46(41)35-22-10-6-11-23-35)45-37-25-13-12-24-36(37)44(47-45)34-21-16-20-33(30-34)32-18-8-5-9-19-32/h1,4-12,14-24,26-30H,13,25H2,2H3/b7-4-,31-17+. The maximum atomic E-state index is 5.61. The van der Waals surface area contributed by atoms with Crippen molar-refractivity contribution in [3.63, 3.8) is 0 Å². The fraction of sp³-hybridized carbons (Fsp3) is 0.0667. The third-order valence-electron chi connectivity index (χ3n) is 9.16. The van der Waals surface area contributed by atoms with Crippen LogP contribution in [-0.2, 0) is 6.42 Å². The van der Waals surface area contributed by atoms with Crippen molar-refractivity contribution < 1.29 is 0 Å². The van der Waals surface area contributed by atoms with Crippen molar-refractivity contribution >= 4 is 44.8 Å². The van der Waals surface area contributed by atoms with Crippen LogP contribution in [0.15, 0.2) is 146 Å². The largest absolute Gasteiger partial charge is 0.309 e. The number of nitrogens with zero attached hydrogens (tertiary/aromatic N) is 1. The molecule has 0 saturated heterocycles. The SMILES string of the molecule is C#C/C=C\C=C(/C)c1c(-c2sc(-c3cccc(-c4ccccc4)c3)c3c2CCC=C3)ccc2c1c1ccccc1n2-c1ccccc1. The second kappa shape index (κ2) is 12.3. The van der Waals surface area contributed by atoms with Crippen LogP contribution >= 0.6 is 11.3 Å². The lowest BCUT2D eigenvalue weighted by atomic mass is 9.89. The Kier molecular flexibility index (Phi) is 7.54. The Morgan fingerprint density at radius 1 is 0.766 bits per heavy atom. The van der Waals surface area contributed by atoms with E-state index in [1.54, 1.807) is 6.08 Å². The van der Waals surface area contributed by atoms with Gasteiger partial charge in [0, 0.05) is 31.8 Å². The second-order valence-electron chi connectivity index (χ2n) is 12.0. The summed E-state index contributed by atoms with van der Waals surface area (Å²) in [6, 6.07) is 43.8. The van der Waals surface area contributed by atoms with Crippen molar-refractivity contribution in [2.45, 2.75) is 19.8 Å². The lowest BCUT2D eigenvalue weighted by molar-refractivity contribution is 0.996. The number of benzene rings is 5. The third kappa shape index (κ3) is 5.06. The maximum Gasteiger partial charge on any atom is 0.0547 e. The summed E-state index contributed by atoms with van der Waals surface area (Å²) in [4.78, 5) is 2.68. The molecule has 0 bridgehead atoms. The lowest BCUT2D eigenvalue weighted by Gasteiger charge is -2.15. The molecule has 2 aromatic heterocycles. The molecular formula is C45H33NS. The van der Waals surface area contributed by atoms with Gasteiger partial charge in [0.2, 0.25) is 0 Å². The number of thiophene rings is 1. The number of rotatable bonds is 6. The number of aromatic nitrogens is 1. The van der Waals surface area contributed by atoms with Gasteiger partial charge >= 0.3 is 0 Å². The Bertz CT molecular complexity index is 2410. The zero-order valence-corrected chi connectivity index (χ0v) is 27.1. The summed E-state index contributed by atoms with van der Waals surface area (Å²) in [6.45, 7) is 2.22. The summed E-state index contributed by atoms with van der Waals surface area (Å²) < 4.78 is 2.40. The summed E-state index contributed by atoms with van der Waals surface area (Å²) in [7, 11) is 0. The third-order valence-corrected chi connectivity index (χ3v) is 10.5. The molecule has 0 aliphatic heterocycles. The Hall–Kier alpha value is -5.62. The smallest absolute Gasteiger partial charge is 0.0547 e. The number of allylic oxidation sites excluding steroid dienone is 5. The minimum absolute atomic E-state index is 1.03. The topological polar surface area (TPSA) is 4.93 Å². The first-order chi connectivity index (χ1) is 23.2. The van der Waals surface area contributed by atoms with Crippen molar-refractivity contribution in [2.24, 2.45) is 0 Å². The first kappa shape index (κ1) is 28.8. The van der Waals surface area contributed by atoms with Crippen LogP contribution in [0, 0.1) is 12.3 Å². The molecule has 5 aromatic carbocycles. The van der Waals surface area contributed by atoms with E-state index in [0.29, 0.717) is 0 Å². The number of hydrogen-bond donors (Lipinski definition) is 0. The van der Waals surface area contributed by atoms with Crippen molar-refractivity contribution in [1.29, 1.82) is 0 Å². The molecule has 0 amide bonds. The quantitative estimate of drug-likeness (QED) is 0.129. The van der Waals surface area contributed by atoms with E-state index in [0.717, 1.165) is 18.5 Å². The fourth-order valence-corrected chi connectivity index (χ4v) is 8.45. The zero-order chi connectivity index (χ0) is 31.7. The summed E-state index contributed by atoms with van der Waals surface area (Å²) >= 11 is 1.93. The van der Waals surface area contributed by atoms with Gasteiger partial charge in [0.15, 0.2) is 0 Å². The van der Waals surface area contributed by atoms with Crippen LogP contribution in [0.3, 0.4) is 0 Å². The minimum atomic E-state index is 1.03. The fourth-order valence-electron chi connectivity index (χ4n) is 7.08. The van der Waals surface area contributed by atoms with E-state index >= 15 is 0 Å². The van der Waals surface area contributed by atoms with Crippen LogP contribution in [0.5, 0.6) is 0 Å². The molecule has 0 N–H and O–H groups in total. The molecule has 47 heavy (non-hydrogen) atoms. The molecule has 2 heterocycles. The molecule has 0 fully saturated rings. The van der Waals surface area contributed by atoms with Gasteiger partial charge < -0.3 is 4.57 Å². The molecule has 0 atom stereocenters. The van der Waals surface area contributed by atoms with E-state index in [4.69, 9.17) is 6.42 Å². The van der Waals surface area contributed by atoms with Crippen molar-refractivity contribution in [2.75, 3.05) is 0 Å². The van der Waals surface area contributed by atoms with Crippen molar-refractivity contribution in [3.8, 4) is 50.0 Å². The average molecular weight is 620 g/mol. The average Bonchev–Trinajstić information content (AvgIpc) is 3.68. The van der Waals surface area contributed by atoms with Gasteiger partial charge in [-0.15, -0.1) is 17.8 Å². The Morgan fingerprint density at radius 3 is 2.34 bits per heavy atom. The van der Waals surface area contributed by atoms with Crippen molar-refractivity contribution in [3.05, 3.63) is 162 Å². The van der Waals surface area contributed by atoms with E-state index in [2.05, 4.69) is 157 Å². The highest BCUT2D eigenvalue weighted by atomic mass is 32.1. The number of terminal acetylenes is 1. The Morgan fingerprint density at radius 2 is 1.51 bits per heavy atom. The van der Waals surface area contributed by atoms with Gasteiger partial charge in [0.05, 0.1) is 11.0 Å². The van der Waals surface area contributed by atoms with E-state index < -0.39 is 0 Å². The molecule has 7 aromatic rings. The van der Waals surface area contributed by atoms with Crippen LogP contribution in [0.25, 0.3) is 71.2 Å². The van der Waals surface area contributed by atoms with Gasteiger partial charge in [0.25, 0.3) is 0 Å². The van der Waals surface area contributed by atoms with E-state index in [-0.39, 0.29) is 0 Å². The molecule has 0 radical (unpaired) electrons. The van der Waals surface area contributed by atoms with E-state index in [1.807, 2.05) is 17.4 Å². The normalized spacial score (nSPS) is 13.0.